The number of aromatic nitrogens is 4. The molecular formula is C17H12FN5O3. The predicted octanol–water partition coefficient (Wildman–Crippen LogP) is 2.78. The molecule has 0 spiro atoms. The van der Waals surface area contributed by atoms with Crippen LogP contribution in [0, 0.1) is 5.82 Å². The monoisotopic (exact) mass is 353 g/mol. The van der Waals surface area contributed by atoms with Gasteiger partial charge in [0.15, 0.2) is 0 Å². The largest absolute Gasteiger partial charge is 0.453 e. The smallest absolute Gasteiger partial charge is 0.413 e. The predicted molar refractivity (Wildman–Crippen MR) is 93.4 cm³/mol. The van der Waals surface area contributed by atoms with Gasteiger partial charge < -0.3 is 9.72 Å². The maximum Gasteiger partial charge on any atom is 0.413 e. The van der Waals surface area contributed by atoms with E-state index in [0.717, 1.165) is 0 Å². The summed E-state index contributed by atoms with van der Waals surface area (Å²) >= 11 is 0. The van der Waals surface area contributed by atoms with Crippen molar-refractivity contribution in [3.05, 3.63) is 52.6 Å². The van der Waals surface area contributed by atoms with Crippen LogP contribution in [0.2, 0.25) is 0 Å². The van der Waals surface area contributed by atoms with Gasteiger partial charge in [-0.05, 0) is 30.3 Å². The molecule has 0 radical (unpaired) electrons. The highest BCUT2D eigenvalue weighted by molar-refractivity contribution is 5.96. The summed E-state index contributed by atoms with van der Waals surface area (Å²) in [6.45, 7) is 0. The second kappa shape index (κ2) is 5.96. The second-order valence-corrected chi connectivity index (χ2v) is 5.53. The number of rotatable bonds is 2. The number of halogens is 1. The van der Waals surface area contributed by atoms with E-state index >= 15 is 0 Å². The number of nitrogens with zero attached hydrogens (tertiary/aromatic N) is 2. The minimum Gasteiger partial charge on any atom is -0.453 e. The number of carbonyl (C=O) groups excluding carboxylic acids is 1. The third-order valence-corrected chi connectivity index (χ3v) is 3.91. The minimum atomic E-state index is -0.645. The summed E-state index contributed by atoms with van der Waals surface area (Å²) in [5, 5.41) is 9.67. The molecule has 26 heavy (non-hydrogen) atoms. The Hall–Kier alpha value is -3.75. The van der Waals surface area contributed by atoms with Crippen molar-refractivity contribution in [3.8, 4) is 11.3 Å². The van der Waals surface area contributed by atoms with Crippen molar-refractivity contribution < 1.29 is 13.9 Å². The van der Waals surface area contributed by atoms with Gasteiger partial charge in [0.1, 0.15) is 5.82 Å². The van der Waals surface area contributed by atoms with Gasteiger partial charge in [0.2, 0.25) is 5.95 Å². The normalized spacial score (nSPS) is 11.0. The molecule has 0 bridgehead atoms. The molecule has 2 aromatic heterocycles. The van der Waals surface area contributed by atoms with E-state index in [2.05, 4.69) is 30.2 Å². The van der Waals surface area contributed by atoms with Crippen LogP contribution in [-0.4, -0.2) is 33.4 Å². The number of hydrogen-bond acceptors (Lipinski definition) is 5. The van der Waals surface area contributed by atoms with Crippen LogP contribution in [0.4, 0.5) is 15.1 Å². The van der Waals surface area contributed by atoms with E-state index in [-0.39, 0.29) is 5.95 Å². The molecule has 0 aliphatic heterocycles. The molecule has 1 amide bonds. The van der Waals surface area contributed by atoms with Crippen LogP contribution in [0.5, 0.6) is 0 Å². The van der Waals surface area contributed by atoms with Crippen molar-refractivity contribution in [2.45, 2.75) is 0 Å². The van der Waals surface area contributed by atoms with Crippen molar-refractivity contribution >= 4 is 33.8 Å². The lowest BCUT2D eigenvalue weighted by Gasteiger charge is -2.05. The van der Waals surface area contributed by atoms with Crippen LogP contribution in [0.1, 0.15) is 0 Å². The fraction of sp³-hybridized carbons (Fsp3) is 0.0588. The Labute approximate surface area is 145 Å². The van der Waals surface area contributed by atoms with Gasteiger partial charge in [-0.15, -0.1) is 0 Å². The topological polar surface area (TPSA) is 113 Å². The lowest BCUT2D eigenvalue weighted by molar-refractivity contribution is 0.186. The van der Waals surface area contributed by atoms with Gasteiger partial charge in [0, 0.05) is 10.9 Å². The second-order valence-electron chi connectivity index (χ2n) is 5.53. The number of aromatic amines is 2. The summed E-state index contributed by atoms with van der Waals surface area (Å²) in [6.07, 6.45) is -0.645. The highest BCUT2D eigenvalue weighted by Crippen LogP contribution is 2.27. The van der Waals surface area contributed by atoms with Crippen LogP contribution >= 0.6 is 0 Å². The molecule has 0 saturated carbocycles. The van der Waals surface area contributed by atoms with E-state index in [9.17, 15) is 14.0 Å². The van der Waals surface area contributed by atoms with Gasteiger partial charge in [-0.3, -0.25) is 10.1 Å². The molecule has 0 unspecified atom stereocenters. The molecule has 2 aromatic carbocycles. The molecule has 0 fully saturated rings. The molecule has 9 heteroatoms. The summed E-state index contributed by atoms with van der Waals surface area (Å²) in [7, 11) is 1.25. The van der Waals surface area contributed by atoms with Gasteiger partial charge in [0.25, 0.3) is 5.56 Å². The molecule has 0 aliphatic rings. The molecule has 0 aliphatic carbocycles. The van der Waals surface area contributed by atoms with E-state index in [1.54, 1.807) is 18.2 Å². The molecule has 8 nitrogen and oxygen atoms in total. The maximum absolute atomic E-state index is 13.7. The molecule has 3 N–H and O–H groups in total. The molecule has 130 valence electrons. The molecule has 0 atom stereocenters. The number of imidazole rings is 1. The number of fused-ring (bicyclic) bond motifs is 2. The van der Waals surface area contributed by atoms with E-state index in [1.807, 2.05) is 0 Å². The Morgan fingerprint density at radius 1 is 1.19 bits per heavy atom. The minimum absolute atomic E-state index is 0.231. The first-order chi connectivity index (χ1) is 12.5. The zero-order valence-corrected chi connectivity index (χ0v) is 13.5. The summed E-state index contributed by atoms with van der Waals surface area (Å²) in [6, 6.07) is 9.13. The molecular weight excluding hydrogens is 341 g/mol. The Morgan fingerprint density at radius 2 is 2.04 bits per heavy atom. The van der Waals surface area contributed by atoms with Crippen molar-refractivity contribution in [2.75, 3.05) is 12.4 Å². The number of carbonyl (C=O) groups is 1. The highest BCUT2D eigenvalue weighted by Gasteiger charge is 2.12. The Morgan fingerprint density at radius 3 is 2.85 bits per heavy atom. The van der Waals surface area contributed by atoms with E-state index < -0.39 is 17.5 Å². The van der Waals surface area contributed by atoms with E-state index in [1.165, 1.54) is 25.3 Å². The number of H-pyrrole nitrogens is 2. The zero-order valence-electron chi connectivity index (χ0n) is 13.5. The van der Waals surface area contributed by atoms with E-state index in [0.29, 0.717) is 33.1 Å². The molecule has 2 heterocycles. The van der Waals surface area contributed by atoms with Gasteiger partial charge in [0.05, 0.1) is 29.2 Å². The van der Waals surface area contributed by atoms with E-state index in [4.69, 9.17) is 0 Å². The Balaban J connectivity index is 1.86. The quantitative estimate of drug-likeness (QED) is 0.513. The fourth-order valence-electron chi connectivity index (χ4n) is 2.72. The Bertz CT molecular complexity index is 1210. The van der Waals surface area contributed by atoms with Crippen LogP contribution in [0.15, 0.2) is 41.2 Å². The summed E-state index contributed by atoms with van der Waals surface area (Å²) in [5.41, 5.74) is 1.93. The first-order valence-corrected chi connectivity index (χ1v) is 7.58. The summed E-state index contributed by atoms with van der Waals surface area (Å²) in [4.78, 5) is 30.4. The molecule has 4 rings (SSSR count). The van der Waals surface area contributed by atoms with Crippen LogP contribution in [0.25, 0.3) is 33.1 Å². The van der Waals surface area contributed by atoms with Crippen LogP contribution in [-0.2, 0) is 4.74 Å². The van der Waals surface area contributed by atoms with Gasteiger partial charge >= 0.3 is 6.09 Å². The first-order valence-electron chi connectivity index (χ1n) is 7.58. The van der Waals surface area contributed by atoms with Crippen LogP contribution < -0.4 is 10.9 Å². The number of amides is 1. The average molecular weight is 353 g/mol. The lowest BCUT2D eigenvalue weighted by atomic mass is 10.0. The zero-order chi connectivity index (χ0) is 18.3. The standard InChI is InChI=1S/C17H12FN5O3/c1-26-17(25)21-16-19-12-5-2-8(6-13(12)20-16)14-11-7-9(18)3-4-10(11)15(24)23-22-14/h2-7H,1H3,(H,23,24)(H2,19,20,21,25). The molecule has 4 aromatic rings. The number of benzene rings is 2. The summed E-state index contributed by atoms with van der Waals surface area (Å²) in [5.74, 6) is -0.229. The Kier molecular flexibility index (Phi) is 3.61. The number of methoxy groups -OCH3 is 1. The lowest BCUT2D eigenvalue weighted by Crippen LogP contribution is -2.11. The van der Waals surface area contributed by atoms with Gasteiger partial charge in [-0.2, -0.15) is 5.10 Å². The van der Waals surface area contributed by atoms with Gasteiger partial charge in [-0.25, -0.2) is 19.3 Å². The number of hydrogen-bond donors (Lipinski definition) is 3. The fourth-order valence-corrected chi connectivity index (χ4v) is 2.72. The number of ether oxygens (including phenoxy) is 1. The van der Waals surface area contributed by atoms with Crippen LogP contribution in [0.3, 0.4) is 0 Å². The SMILES string of the molecule is COC(=O)Nc1nc2ccc(-c3n[nH]c(=O)c4ccc(F)cc34)cc2[nH]1. The maximum atomic E-state index is 13.7. The highest BCUT2D eigenvalue weighted by atomic mass is 19.1. The summed E-state index contributed by atoms with van der Waals surface area (Å²) < 4.78 is 18.2. The third-order valence-electron chi connectivity index (χ3n) is 3.91. The van der Waals surface area contributed by atoms with Crippen molar-refractivity contribution in [2.24, 2.45) is 0 Å². The van der Waals surface area contributed by atoms with Crippen molar-refractivity contribution in [1.82, 2.24) is 20.2 Å². The number of nitrogens with one attached hydrogen (secondary N) is 3. The number of anilines is 1. The molecule has 0 saturated heterocycles. The third kappa shape index (κ3) is 2.65. The van der Waals surface area contributed by atoms with Crippen molar-refractivity contribution in [1.29, 1.82) is 0 Å². The van der Waals surface area contributed by atoms with Gasteiger partial charge in [-0.1, -0.05) is 6.07 Å². The average Bonchev–Trinajstić information content (AvgIpc) is 3.03. The first kappa shape index (κ1) is 15.8. The van der Waals surface area contributed by atoms with Crippen molar-refractivity contribution in [3.63, 3.8) is 0 Å².